The van der Waals surface area contributed by atoms with Crippen molar-refractivity contribution in [3.63, 3.8) is 0 Å². The number of nitrogens with one attached hydrogen (secondary N) is 2. The fourth-order valence-electron chi connectivity index (χ4n) is 2.47. The number of aromatic nitrogens is 2. The lowest BCUT2D eigenvalue weighted by atomic mass is 10.2. The normalized spacial score (nSPS) is 10.7. The Morgan fingerprint density at radius 1 is 1.19 bits per heavy atom. The molecule has 2 aromatic heterocycles. The lowest BCUT2D eigenvalue weighted by Crippen LogP contribution is -2.31. The van der Waals surface area contributed by atoms with Crippen molar-refractivity contribution in [2.75, 3.05) is 18.5 Å². The van der Waals surface area contributed by atoms with E-state index in [2.05, 4.69) is 15.6 Å². The first kappa shape index (κ1) is 18.2. The molecule has 0 aliphatic rings. The van der Waals surface area contributed by atoms with Crippen molar-refractivity contribution in [3.8, 4) is 0 Å². The SMILES string of the molecule is O=C(NCCO)Nc1cc(Cl)c(C(=O)n2ccc3cnccc32)c(Cl)c1. The van der Waals surface area contributed by atoms with Gasteiger partial charge in [-0.2, -0.15) is 0 Å². The standard InChI is InChI=1S/C17H14Cl2N4O3/c18-12-7-11(22-17(26)21-4-6-24)8-13(19)15(12)16(25)23-5-2-10-9-20-3-1-14(10)23/h1-3,5,7-9,24H,4,6H2,(H2,21,22,26). The van der Waals surface area contributed by atoms with Crippen LogP contribution in [0.25, 0.3) is 10.9 Å². The van der Waals surface area contributed by atoms with Crippen molar-refractivity contribution < 1.29 is 14.7 Å². The van der Waals surface area contributed by atoms with Crippen LogP contribution in [0.3, 0.4) is 0 Å². The lowest BCUT2D eigenvalue weighted by molar-refractivity contribution is 0.0965. The number of aliphatic hydroxyl groups is 1. The maximum atomic E-state index is 12.9. The average molecular weight is 393 g/mol. The summed E-state index contributed by atoms with van der Waals surface area (Å²) in [5, 5.41) is 14.7. The minimum absolute atomic E-state index is 0.107. The number of carbonyl (C=O) groups is 2. The predicted octanol–water partition coefficient (Wildman–Crippen LogP) is 3.15. The Morgan fingerprint density at radius 3 is 2.62 bits per heavy atom. The monoisotopic (exact) mass is 392 g/mol. The van der Waals surface area contributed by atoms with Gasteiger partial charge in [0.05, 0.1) is 27.7 Å². The number of anilines is 1. The summed E-state index contributed by atoms with van der Waals surface area (Å²) in [6.45, 7) is -0.0673. The minimum atomic E-state index is -0.519. The van der Waals surface area contributed by atoms with Crippen LogP contribution < -0.4 is 10.6 Å². The molecular weight excluding hydrogens is 379 g/mol. The molecule has 0 fully saturated rings. The molecule has 134 valence electrons. The highest BCUT2D eigenvalue weighted by atomic mass is 35.5. The van der Waals surface area contributed by atoms with E-state index in [0.29, 0.717) is 11.2 Å². The summed E-state index contributed by atoms with van der Waals surface area (Å²) in [6, 6.07) is 5.84. The highest BCUT2D eigenvalue weighted by Gasteiger charge is 2.19. The van der Waals surface area contributed by atoms with E-state index in [0.717, 1.165) is 5.39 Å². The maximum absolute atomic E-state index is 12.9. The zero-order valence-corrected chi connectivity index (χ0v) is 14.9. The van der Waals surface area contributed by atoms with Gasteiger partial charge in [-0.3, -0.25) is 14.3 Å². The van der Waals surface area contributed by atoms with Crippen molar-refractivity contribution in [3.05, 3.63) is 58.5 Å². The third kappa shape index (κ3) is 3.65. The van der Waals surface area contributed by atoms with E-state index >= 15 is 0 Å². The second-order valence-corrected chi connectivity index (χ2v) is 6.16. The number of nitrogens with zero attached hydrogens (tertiary/aromatic N) is 2. The van der Waals surface area contributed by atoms with Crippen molar-refractivity contribution >= 4 is 51.7 Å². The summed E-state index contributed by atoms with van der Waals surface area (Å²) in [5.41, 5.74) is 1.14. The fraction of sp³-hybridized carbons (Fsp3) is 0.118. The van der Waals surface area contributed by atoms with Gasteiger partial charge in [0.2, 0.25) is 0 Å². The molecule has 3 aromatic rings. The van der Waals surface area contributed by atoms with Crippen LogP contribution >= 0.6 is 23.2 Å². The van der Waals surface area contributed by atoms with Gasteiger partial charge in [-0.15, -0.1) is 0 Å². The molecule has 0 saturated heterocycles. The molecule has 9 heteroatoms. The van der Waals surface area contributed by atoms with Crippen LogP contribution in [0.1, 0.15) is 10.4 Å². The van der Waals surface area contributed by atoms with E-state index < -0.39 is 11.9 Å². The molecule has 2 heterocycles. The van der Waals surface area contributed by atoms with E-state index in [1.54, 1.807) is 30.7 Å². The molecule has 7 nitrogen and oxygen atoms in total. The Kier molecular flexibility index (Phi) is 5.41. The van der Waals surface area contributed by atoms with Gasteiger partial charge in [0.25, 0.3) is 5.91 Å². The molecule has 0 atom stereocenters. The minimum Gasteiger partial charge on any atom is -0.395 e. The van der Waals surface area contributed by atoms with Crippen molar-refractivity contribution in [2.24, 2.45) is 0 Å². The second kappa shape index (κ2) is 7.74. The van der Waals surface area contributed by atoms with Gasteiger partial charge < -0.3 is 15.7 Å². The summed E-state index contributed by atoms with van der Waals surface area (Å²) >= 11 is 12.5. The molecule has 0 saturated carbocycles. The van der Waals surface area contributed by atoms with E-state index in [1.807, 2.05) is 0 Å². The molecule has 0 aliphatic heterocycles. The molecule has 0 bridgehead atoms. The van der Waals surface area contributed by atoms with E-state index in [-0.39, 0.29) is 28.8 Å². The van der Waals surface area contributed by atoms with Crippen molar-refractivity contribution in [1.82, 2.24) is 14.9 Å². The van der Waals surface area contributed by atoms with Gasteiger partial charge in [0.15, 0.2) is 0 Å². The number of benzene rings is 1. The van der Waals surface area contributed by atoms with Crippen molar-refractivity contribution in [2.45, 2.75) is 0 Å². The smallest absolute Gasteiger partial charge is 0.319 e. The van der Waals surface area contributed by atoms with Gasteiger partial charge in [0, 0.05) is 36.2 Å². The topological polar surface area (TPSA) is 96.3 Å². The number of fused-ring (bicyclic) bond motifs is 1. The van der Waals surface area contributed by atoms with Crippen LogP contribution in [-0.4, -0.2) is 39.7 Å². The van der Waals surface area contributed by atoms with Crippen LogP contribution in [0, 0.1) is 0 Å². The Bertz CT molecular complexity index is 964. The van der Waals surface area contributed by atoms with Gasteiger partial charge in [0.1, 0.15) is 0 Å². The Labute approximate surface area is 158 Å². The molecule has 26 heavy (non-hydrogen) atoms. The highest BCUT2D eigenvalue weighted by Crippen LogP contribution is 2.31. The Hall–Kier alpha value is -2.61. The molecule has 2 amide bonds. The van der Waals surface area contributed by atoms with Gasteiger partial charge in [-0.05, 0) is 24.3 Å². The number of pyridine rings is 1. The first-order valence-corrected chi connectivity index (χ1v) is 8.37. The predicted molar refractivity (Wildman–Crippen MR) is 100 cm³/mol. The van der Waals surface area contributed by atoms with Gasteiger partial charge in [-0.1, -0.05) is 23.2 Å². The molecule has 0 radical (unpaired) electrons. The third-order valence-corrected chi connectivity index (χ3v) is 4.22. The third-order valence-electron chi connectivity index (χ3n) is 3.62. The molecular formula is C17H14Cl2N4O3. The number of carbonyl (C=O) groups excluding carboxylic acids is 2. The highest BCUT2D eigenvalue weighted by molar-refractivity contribution is 6.40. The number of hydrogen-bond acceptors (Lipinski definition) is 4. The average Bonchev–Trinajstić information content (AvgIpc) is 3.03. The van der Waals surface area contributed by atoms with Crippen LogP contribution in [-0.2, 0) is 0 Å². The zero-order chi connectivity index (χ0) is 18.7. The van der Waals surface area contributed by atoms with Crippen LogP contribution in [0.5, 0.6) is 0 Å². The number of amides is 2. The van der Waals surface area contributed by atoms with Gasteiger partial charge in [-0.25, -0.2) is 4.79 Å². The molecule has 0 spiro atoms. The van der Waals surface area contributed by atoms with Gasteiger partial charge >= 0.3 is 6.03 Å². The molecule has 0 aliphatic carbocycles. The second-order valence-electron chi connectivity index (χ2n) is 5.34. The molecule has 3 N–H and O–H groups in total. The zero-order valence-electron chi connectivity index (χ0n) is 13.4. The van der Waals surface area contributed by atoms with Crippen LogP contribution in [0.2, 0.25) is 10.0 Å². The lowest BCUT2D eigenvalue weighted by Gasteiger charge is -2.12. The summed E-state index contributed by atoms with van der Waals surface area (Å²) in [5.74, 6) is -0.391. The molecule has 0 unspecified atom stereocenters. The van der Waals surface area contributed by atoms with E-state index in [4.69, 9.17) is 28.3 Å². The summed E-state index contributed by atoms with van der Waals surface area (Å²) in [6.07, 6.45) is 4.86. The fourth-order valence-corrected chi connectivity index (χ4v) is 3.12. The first-order valence-electron chi connectivity index (χ1n) is 7.62. The summed E-state index contributed by atoms with van der Waals surface area (Å²) in [7, 11) is 0. The summed E-state index contributed by atoms with van der Waals surface area (Å²) < 4.78 is 1.44. The van der Waals surface area contributed by atoms with E-state index in [1.165, 1.54) is 16.7 Å². The molecule has 1 aromatic carbocycles. The number of aliphatic hydroxyl groups excluding tert-OH is 1. The Balaban J connectivity index is 1.91. The van der Waals surface area contributed by atoms with Crippen molar-refractivity contribution in [1.29, 1.82) is 0 Å². The van der Waals surface area contributed by atoms with Crippen LogP contribution in [0.4, 0.5) is 10.5 Å². The quantitative estimate of drug-likeness (QED) is 0.635. The number of urea groups is 1. The Morgan fingerprint density at radius 2 is 1.92 bits per heavy atom. The number of rotatable bonds is 4. The first-order chi connectivity index (χ1) is 12.5. The maximum Gasteiger partial charge on any atom is 0.319 e. The number of hydrogen-bond donors (Lipinski definition) is 3. The summed E-state index contributed by atoms with van der Waals surface area (Å²) in [4.78, 5) is 28.5. The van der Waals surface area contributed by atoms with Crippen LogP contribution in [0.15, 0.2) is 42.9 Å². The largest absolute Gasteiger partial charge is 0.395 e. The van der Waals surface area contributed by atoms with E-state index in [9.17, 15) is 9.59 Å². The molecule has 3 rings (SSSR count). The number of halogens is 2.